The predicted molar refractivity (Wildman–Crippen MR) is 97.9 cm³/mol. The number of rotatable bonds is 7. The molecule has 122 valence electrons. The molecule has 23 heavy (non-hydrogen) atoms. The fourth-order valence-corrected chi connectivity index (χ4v) is 3.64. The topological polar surface area (TPSA) is 82.9 Å². The molecule has 0 amide bonds. The maximum atomic E-state index is 5.95. The third-order valence-electron chi connectivity index (χ3n) is 3.68. The van der Waals surface area contributed by atoms with Crippen molar-refractivity contribution < 1.29 is 0 Å². The number of aromatic nitrogens is 3. The lowest BCUT2D eigenvalue weighted by atomic mass is 10.3. The molecule has 0 spiro atoms. The van der Waals surface area contributed by atoms with Gasteiger partial charge < -0.3 is 16.0 Å². The Labute approximate surface area is 139 Å². The second-order valence-electron chi connectivity index (χ2n) is 5.62. The predicted octanol–water partition coefficient (Wildman–Crippen LogP) is 3.02. The number of nitrogen functional groups attached to an aromatic ring is 1. The molecule has 0 aliphatic carbocycles. The number of thiophene rings is 1. The summed E-state index contributed by atoms with van der Waals surface area (Å²) in [5.74, 6) is 0.538. The Kier molecular flexibility index (Phi) is 4.78. The van der Waals surface area contributed by atoms with Crippen LogP contribution >= 0.6 is 11.3 Å². The number of fused-ring (bicyclic) bond motifs is 1. The molecule has 6 nitrogen and oxygen atoms in total. The fourth-order valence-electron chi connectivity index (χ4n) is 2.57. The molecule has 0 saturated carbocycles. The molecule has 0 atom stereocenters. The molecule has 0 fully saturated rings. The summed E-state index contributed by atoms with van der Waals surface area (Å²) in [5.41, 5.74) is 8.92. The van der Waals surface area contributed by atoms with Gasteiger partial charge in [0.2, 0.25) is 0 Å². The van der Waals surface area contributed by atoms with E-state index in [0.717, 1.165) is 46.1 Å². The van der Waals surface area contributed by atoms with Crippen LogP contribution in [0.2, 0.25) is 0 Å². The van der Waals surface area contributed by atoms with Gasteiger partial charge >= 0.3 is 0 Å². The van der Waals surface area contributed by atoms with Crippen LogP contribution < -0.4 is 11.1 Å². The Balaban J connectivity index is 1.82. The third-order valence-corrected chi connectivity index (χ3v) is 4.87. The van der Waals surface area contributed by atoms with Gasteiger partial charge in [0.15, 0.2) is 0 Å². The van der Waals surface area contributed by atoms with Gasteiger partial charge in [-0.2, -0.15) is 5.10 Å². The summed E-state index contributed by atoms with van der Waals surface area (Å²) < 4.78 is 1.13. The van der Waals surface area contributed by atoms with Crippen LogP contribution in [0.1, 0.15) is 13.3 Å². The van der Waals surface area contributed by atoms with Crippen LogP contribution in [0.5, 0.6) is 0 Å². The average Bonchev–Trinajstić information content (AvgIpc) is 3.15. The number of hydrogen-bond acceptors (Lipinski definition) is 6. The monoisotopic (exact) mass is 330 g/mol. The quantitative estimate of drug-likeness (QED) is 0.620. The van der Waals surface area contributed by atoms with Gasteiger partial charge in [-0.25, -0.2) is 4.98 Å². The molecule has 0 aliphatic rings. The van der Waals surface area contributed by atoms with Crippen LogP contribution in [0.3, 0.4) is 0 Å². The second kappa shape index (κ2) is 6.97. The number of nitrogens with one attached hydrogen (secondary N) is 2. The zero-order chi connectivity index (χ0) is 16.2. The van der Waals surface area contributed by atoms with E-state index in [-0.39, 0.29) is 0 Å². The SMILES string of the molecule is CCCN(C)CCNc1cc(N)nc2cc(-c3ccn[nH]3)sc12. The van der Waals surface area contributed by atoms with Crippen LogP contribution in [0, 0.1) is 0 Å². The van der Waals surface area contributed by atoms with Gasteiger partial charge in [-0.1, -0.05) is 6.92 Å². The van der Waals surface area contributed by atoms with Crippen LogP contribution in [0.15, 0.2) is 24.4 Å². The number of anilines is 2. The van der Waals surface area contributed by atoms with Gasteiger partial charge in [0.05, 0.1) is 26.5 Å². The summed E-state index contributed by atoms with van der Waals surface area (Å²) in [6, 6.07) is 5.93. The van der Waals surface area contributed by atoms with Gasteiger partial charge in [-0.15, -0.1) is 11.3 Å². The molecule has 4 N–H and O–H groups in total. The standard InChI is InChI=1S/C16H22N6S/c1-3-7-22(2)8-6-18-12-10-15(17)20-13-9-14(23-16(12)13)11-4-5-19-21-11/h4-5,9-10H,3,6-8H2,1-2H3,(H,19,21)(H3,17,18,20). The zero-order valence-corrected chi connectivity index (χ0v) is 14.3. The summed E-state index contributed by atoms with van der Waals surface area (Å²) in [7, 11) is 2.14. The molecular formula is C16H22N6S. The molecule has 3 heterocycles. The highest BCUT2D eigenvalue weighted by atomic mass is 32.1. The maximum Gasteiger partial charge on any atom is 0.126 e. The van der Waals surface area contributed by atoms with Crippen molar-refractivity contribution in [2.75, 3.05) is 37.7 Å². The summed E-state index contributed by atoms with van der Waals surface area (Å²) >= 11 is 1.69. The number of pyridine rings is 1. The highest BCUT2D eigenvalue weighted by Gasteiger charge is 2.11. The van der Waals surface area contributed by atoms with E-state index in [1.165, 1.54) is 6.42 Å². The third kappa shape index (κ3) is 3.62. The normalized spacial score (nSPS) is 11.4. The van der Waals surface area contributed by atoms with E-state index < -0.39 is 0 Å². The Morgan fingerprint density at radius 1 is 1.35 bits per heavy atom. The smallest absolute Gasteiger partial charge is 0.126 e. The van der Waals surface area contributed by atoms with Crippen LogP contribution in [-0.2, 0) is 0 Å². The van der Waals surface area contributed by atoms with E-state index in [4.69, 9.17) is 5.73 Å². The number of likely N-dealkylation sites (N-methyl/N-ethyl adjacent to an activating group) is 1. The van der Waals surface area contributed by atoms with Crippen molar-refractivity contribution in [3.05, 3.63) is 24.4 Å². The maximum absolute atomic E-state index is 5.95. The summed E-state index contributed by atoms with van der Waals surface area (Å²) in [6.07, 6.45) is 2.92. The minimum Gasteiger partial charge on any atom is -0.384 e. The summed E-state index contributed by atoms with van der Waals surface area (Å²) in [4.78, 5) is 7.87. The Morgan fingerprint density at radius 3 is 2.96 bits per heavy atom. The molecule has 0 aromatic carbocycles. The number of nitrogens with zero attached hydrogens (tertiary/aromatic N) is 3. The van der Waals surface area contributed by atoms with Crippen LogP contribution in [-0.4, -0.2) is 46.8 Å². The molecule has 0 radical (unpaired) electrons. The summed E-state index contributed by atoms with van der Waals surface area (Å²) in [5, 5.41) is 10.5. The van der Waals surface area contributed by atoms with Gasteiger partial charge in [0.1, 0.15) is 5.82 Å². The van der Waals surface area contributed by atoms with Crippen molar-refractivity contribution in [2.45, 2.75) is 13.3 Å². The largest absolute Gasteiger partial charge is 0.384 e. The first-order chi connectivity index (χ1) is 11.2. The van der Waals surface area contributed by atoms with Gasteiger partial charge in [-0.3, -0.25) is 5.10 Å². The van der Waals surface area contributed by atoms with Gasteiger partial charge in [0.25, 0.3) is 0 Å². The van der Waals surface area contributed by atoms with Gasteiger partial charge in [-0.05, 0) is 32.1 Å². The molecule has 3 aromatic rings. The lowest BCUT2D eigenvalue weighted by molar-refractivity contribution is 0.348. The first-order valence-electron chi connectivity index (χ1n) is 7.79. The van der Waals surface area contributed by atoms with E-state index in [2.05, 4.69) is 45.4 Å². The molecular weight excluding hydrogens is 308 g/mol. The van der Waals surface area contributed by atoms with E-state index in [9.17, 15) is 0 Å². The minimum absolute atomic E-state index is 0.538. The highest BCUT2D eigenvalue weighted by Crippen LogP contribution is 2.36. The Hall–Kier alpha value is -2.12. The average molecular weight is 330 g/mol. The molecule has 0 unspecified atom stereocenters. The highest BCUT2D eigenvalue weighted by molar-refractivity contribution is 7.22. The molecule has 0 aliphatic heterocycles. The lowest BCUT2D eigenvalue weighted by Crippen LogP contribution is -2.25. The zero-order valence-electron chi connectivity index (χ0n) is 13.5. The minimum atomic E-state index is 0.538. The first-order valence-corrected chi connectivity index (χ1v) is 8.61. The number of hydrogen-bond donors (Lipinski definition) is 3. The molecule has 3 rings (SSSR count). The van der Waals surface area contributed by atoms with E-state index >= 15 is 0 Å². The molecule has 3 aromatic heterocycles. The van der Waals surface area contributed by atoms with Crippen molar-refractivity contribution in [3.63, 3.8) is 0 Å². The lowest BCUT2D eigenvalue weighted by Gasteiger charge is -2.16. The van der Waals surface area contributed by atoms with Crippen molar-refractivity contribution in [3.8, 4) is 10.6 Å². The second-order valence-corrected chi connectivity index (χ2v) is 6.67. The number of aromatic amines is 1. The summed E-state index contributed by atoms with van der Waals surface area (Å²) in [6.45, 7) is 5.18. The fraction of sp³-hybridized carbons (Fsp3) is 0.375. The number of H-pyrrole nitrogens is 1. The van der Waals surface area contributed by atoms with E-state index in [1.54, 1.807) is 17.5 Å². The molecule has 0 saturated heterocycles. The van der Waals surface area contributed by atoms with Gasteiger partial charge in [0, 0.05) is 25.4 Å². The number of nitrogens with two attached hydrogens (primary N) is 1. The van der Waals surface area contributed by atoms with Crippen molar-refractivity contribution in [2.24, 2.45) is 0 Å². The van der Waals surface area contributed by atoms with Crippen molar-refractivity contribution in [1.29, 1.82) is 0 Å². The van der Waals surface area contributed by atoms with E-state index in [1.807, 2.05) is 12.1 Å². The Bertz CT molecular complexity index is 764. The van der Waals surface area contributed by atoms with Crippen molar-refractivity contribution >= 4 is 33.1 Å². The Morgan fingerprint density at radius 2 is 2.22 bits per heavy atom. The van der Waals surface area contributed by atoms with Crippen molar-refractivity contribution in [1.82, 2.24) is 20.1 Å². The van der Waals surface area contributed by atoms with Crippen LogP contribution in [0.4, 0.5) is 11.5 Å². The van der Waals surface area contributed by atoms with Crippen LogP contribution in [0.25, 0.3) is 20.8 Å². The molecule has 7 heteroatoms. The first kappa shape index (κ1) is 15.8. The van der Waals surface area contributed by atoms with E-state index in [0.29, 0.717) is 5.82 Å². The molecule has 0 bridgehead atoms.